The standard InChI is InChI=1S/C13H23N3O2/c1-5-18-12-8-11(14-9-15-12)16-10(6-7-17)13(2,3)4/h8-10,17H,5-7H2,1-4H3,(H,14,15,16). The number of aromatic nitrogens is 2. The topological polar surface area (TPSA) is 67.3 Å². The van der Waals surface area contributed by atoms with Gasteiger partial charge in [0.25, 0.3) is 0 Å². The molecule has 0 spiro atoms. The van der Waals surface area contributed by atoms with Gasteiger partial charge in [0.15, 0.2) is 0 Å². The predicted molar refractivity (Wildman–Crippen MR) is 71.8 cm³/mol. The molecule has 0 aliphatic rings. The first-order valence-corrected chi connectivity index (χ1v) is 6.29. The zero-order valence-electron chi connectivity index (χ0n) is 11.6. The van der Waals surface area contributed by atoms with Gasteiger partial charge in [-0.2, -0.15) is 0 Å². The van der Waals surface area contributed by atoms with Crippen molar-refractivity contribution >= 4 is 5.82 Å². The Morgan fingerprint density at radius 2 is 2.11 bits per heavy atom. The normalized spacial score (nSPS) is 13.2. The molecule has 0 aliphatic heterocycles. The lowest BCUT2D eigenvalue weighted by molar-refractivity contribution is 0.235. The fourth-order valence-corrected chi connectivity index (χ4v) is 1.67. The lowest BCUT2D eigenvalue weighted by Gasteiger charge is -2.31. The molecule has 1 rings (SSSR count). The fraction of sp³-hybridized carbons (Fsp3) is 0.692. The molecule has 5 nitrogen and oxygen atoms in total. The van der Waals surface area contributed by atoms with E-state index in [1.165, 1.54) is 6.33 Å². The van der Waals surface area contributed by atoms with Crippen LogP contribution in [0.25, 0.3) is 0 Å². The molecule has 0 amide bonds. The van der Waals surface area contributed by atoms with E-state index < -0.39 is 0 Å². The van der Waals surface area contributed by atoms with Crippen LogP contribution in [0.2, 0.25) is 0 Å². The first-order chi connectivity index (χ1) is 8.47. The van der Waals surface area contributed by atoms with E-state index in [1.807, 2.05) is 6.92 Å². The summed E-state index contributed by atoms with van der Waals surface area (Å²) < 4.78 is 5.33. The summed E-state index contributed by atoms with van der Waals surface area (Å²) in [6.07, 6.45) is 2.16. The van der Waals surface area contributed by atoms with Gasteiger partial charge in [0, 0.05) is 18.7 Å². The van der Waals surface area contributed by atoms with E-state index in [4.69, 9.17) is 9.84 Å². The van der Waals surface area contributed by atoms with Gasteiger partial charge in [-0.25, -0.2) is 9.97 Å². The van der Waals surface area contributed by atoms with Crippen molar-refractivity contribution in [2.45, 2.75) is 40.2 Å². The van der Waals surface area contributed by atoms with E-state index in [2.05, 4.69) is 36.1 Å². The van der Waals surface area contributed by atoms with Crippen LogP contribution in [0.4, 0.5) is 5.82 Å². The number of ether oxygens (including phenoxy) is 1. The van der Waals surface area contributed by atoms with Crippen LogP contribution < -0.4 is 10.1 Å². The van der Waals surface area contributed by atoms with Gasteiger partial charge in [-0.3, -0.25) is 0 Å². The fourth-order valence-electron chi connectivity index (χ4n) is 1.67. The molecule has 1 heterocycles. The maximum atomic E-state index is 9.12. The molecule has 0 saturated heterocycles. The van der Waals surface area contributed by atoms with Crippen molar-refractivity contribution in [1.29, 1.82) is 0 Å². The van der Waals surface area contributed by atoms with Gasteiger partial charge in [-0.05, 0) is 18.8 Å². The molecular formula is C13H23N3O2. The third kappa shape index (κ3) is 4.49. The molecule has 0 saturated carbocycles. The maximum absolute atomic E-state index is 9.12. The van der Waals surface area contributed by atoms with Gasteiger partial charge in [0.1, 0.15) is 12.1 Å². The Kier molecular flexibility index (Phi) is 5.34. The smallest absolute Gasteiger partial charge is 0.218 e. The van der Waals surface area contributed by atoms with Crippen LogP contribution in [0.3, 0.4) is 0 Å². The molecule has 0 fully saturated rings. The summed E-state index contributed by atoms with van der Waals surface area (Å²) in [5.41, 5.74) is 0.0411. The zero-order chi connectivity index (χ0) is 13.6. The van der Waals surface area contributed by atoms with E-state index >= 15 is 0 Å². The van der Waals surface area contributed by atoms with Crippen molar-refractivity contribution in [2.24, 2.45) is 5.41 Å². The largest absolute Gasteiger partial charge is 0.478 e. The van der Waals surface area contributed by atoms with Crippen molar-refractivity contribution in [1.82, 2.24) is 9.97 Å². The summed E-state index contributed by atoms with van der Waals surface area (Å²) in [6, 6.07) is 1.92. The first kappa shape index (κ1) is 14.7. The highest BCUT2D eigenvalue weighted by Crippen LogP contribution is 2.25. The van der Waals surface area contributed by atoms with Gasteiger partial charge in [0.05, 0.1) is 6.61 Å². The van der Waals surface area contributed by atoms with Crippen molar-refractivity contribution in [3.63, 3.8) is 0 Å². The van der Waals surface area contributed by atoms with Crippen LogP contribution in [0.15, 0.2) is 12.4 Å². The third-order valence-corrected chi connectivity index (χ3v) is 2.72. The molecule has 0 radical (unpaired) electrons. The molecule has 5 heteroatoms. The van der Waals surface area contributed by atoms with Crippen molar-refractivity contribution < 1.29 is 9.84 Å². The average molecular weight is 253 g/mol. The van der Waals surface area contributed by atoms with E-state index in [-0.39, 0.29) is 18.1 Å². The molecule has 0 aliphatic carbocycles. The number of rotatable bonds is 6. The minimum Gasteiger partial charge on any atom is -0.478 e. The lowest BCUT2D eigenvalue weighted by atomic mass is 9.85. The number of nitrogens with one attached hydrogen (secondary N) is 1. The summed E-state index contributed by atoms with van der Waals surface area (Å²) in [4.78, 5) is 8.20. The number of hydrogen-bond acceptors (Lipinski definition) is 5. The van der Waals surface area contributed by atoms with Crippen LogP contribution >= 0.6 is 0 Å². The van der Waals surface area contributed by atoms with Crippen LogP contribution in [-0.4, -0.2) is 34.3 Å². The summed E-state index contributed by atoms with van der Waals surface area (Å²) in [6.45, 7) is 9.04. The Labute approximate surface area is 109 Å². The summed E-state index contributed by atoms with van der Waals surface area (Å²) in [5.74, 6) is 1.29. The Balaban J connectivity index is 2.77. The number of hydrogen-bond donors (Lipinski definition) is 2. The van der Waals surface area contributed by atoms with Gasteiger partial charge in [-0.1, -0.05) is 20.8 Å². The quantitative estimate of drug-likeness (QED) is 0.812. The molecule has 2 N–H and O–H groups in total. The summed E-state index contributed by atoms with van der Waals surface area (Å²) >= 11 is 0. The molecule has 1 atom stereocenters. The maximum Gasteiger partial charge on any atom is 0.218 e. The van der Waals surface area contributed by atoms with Crippen LogP contribution in [0.1, 0.15) is 34.1 Å². The van der Waals surface area contributed by atoms with Crippen molar-refractivity contribution in [2.75, 3.05) is 18.5 Å². The molecule has 1 unspecified atom stereocenters. The summed E-state index contributed by atoms with van der Waals surface area (Å²) in [7, 11) is 0. The van der Waals surface area contributed by atoms with E-state index in [9.17, 15) is 0 Å². The van der Waals surface area contributed by atoms with Crippen LogP contribution in [-0.2, 0) is 0 Å². The SMILES string of the molecule is CCOc1cc(NC(CCO)C(C)(C)C)ncn1. The molecule has 1 aromatic heterocycles. The van der Waals surface area contributed by atoms with Gasteiger partial charge in [-0.15, -0.1) is 0 Å². The number of nitrogens with zero attached hydrogens (tertiary/aromatic N) is 2. The molecular weight excluding hydrogens is 230 g/mol. The van der Waals surface area contributed by atoms with E-state index in [1.54, 1.807) is 6.07 Å². The molecule has 102 valence electrons. The lowest BCUT2D eigenvalue weighted by Crippen LogP contribution is -2.35. The van der Waals surface area contributed by atoms with Gasteiger partial charge < -0.3 is 15.2 Å². The van der Waals surface area contributed by atoms with Crippen molar-refractivity contribution in [3.05, 3.63) is 12.4 Å². The Morgan fingerprint density at radius 3 is 2.67 bits per heavy atom. The Hall–Kier alpha value is -1.36. The second-order valence-electron chi connectivity index (χ2n) is 5.25. The highest BCUT2D eigenvalue weighted by Gasteiger charge is 2.24. The molecule has 0 aromatic carbocycles. The molecule has 18 heavy (non-hydrogen) atoms. The number of aliphatic hydroxyl groups is 1. The Morgan fingerprint density at radius 1 is 1.39 bits per heavy atom. The molecule has 0 bridgehead atoms. The minimum atomic E-state index is 0.0411. The minimum absolute atomic E-state index is 0.0411. The molecule has 1 aromatic rings. The van der Waals surface area contributed by atoms with Crippen LogP contribution in [0, 0.1) is 5.41 Å². The number of aliphatic hydroxyl groups excluding tert-OH is 1. The monoisotopic (exact) mass is 253 g/mol. The second-order valence-corrected chi connectivity index (χ2v) is 5.25. The zero-order valence-corrected chi connectivity index (χ0v) is 11.6. The van der Waals surface area contributed by atoms with Gasteiger partial charge >= 0.3 is 0 Å². The van der Waals surface area contributed by atoms with Crippen molar-refractivity contribution in [3.8, 4) is 5.88 Å². The van der Waals surface area contributed by atoms with E-state index in [0.717, 1.165) is 5.82 Å². The number of anilines is 1. The average Bonchev–Trinajstić information content (AvgIpc) is 2.28. The van der Waals surface area contributed by atoms with Crippen LogP contribution in [0.5, 0.6) is 5.88 Å². The third-order valence-electron chi connectivity index (χ3n) is 2.72. The highest BCUT2D eigenvalue weighted by molar-refractivity contribution is 5.38. The second kappa shape index (κ2) is 6.54. The van der Waals surface area contributed by atoms with E-state index in [0.29, 0.717) is 18.9 Å². The Bertz CT molecular complexity index is 363. The predicted octanol–water partition coefficient (Wildman–Crippen LogP) is 2.08. The highest BCUT2D eigenvalue weighted by atomic mass is 16.5. The van der Waals surface area contributed by atoms with Gasteiger partial charge in [0.2, 0.25) is 5.88 Å². The summed E-state index contributed by atoms with van der Waals surface area (Å²) in [5, 5.41) is 12.4. The first-order valence-electron chi connectivity index (χ1n) is 6.29.